The van der Waals surface area contributed by atoms with Crippen LogP contribution in [0.3, 0.4) is 0 Å². The molecular weight excluding hydrogens is 146 g/mol. The Labute approximate surface area is 64.7 Å². The lowest BCUT2D eigenvalue weighted by atomic mass is 10.1. The Kier molecular flexibility index (Phi) is 1.41. The SMILES string of the molecule is CN1C(=O)N(N)C(=O)C1(C)C. The van der Waals surface area contributed by atoms with E-state index in [0.29, 0.717) is 5.01 Å². The van der Waals surface area contributed by atoms with Gasteiger partial charge >= 0.3 is 6.03 Å². The Hall–Kier alpha value is -1.10. The molecule has 0 aromatic rings. The minimum Gasteiger partial charge on any atom is -0.312 e. The van der Waals surface area contributed by atoms with Gasteiger partial charge in [-0.15, -0.1) is 0 Å². The van der Waals surface area contributed by atoms with Gasteiger partial charge in [0.1, 0.15) is 5.54 Å². The van der Waals surface area contributed by atoms with Crippen molar-refractivity contribution in [1.82, 2.24) is 9.91 Å². The number of nitrogens with zero attached hydrogens (tertiary/aromatic N) is 2. The Balaban J connectivity index is 3.06. The predicted molar refractivity (Wildman–Crippen MR) is 38.3 cm³/mol. The molecule has 1 rings (SSSR count). The summed E-state index contributed by atoms with van der Waals surface area (Å²) in [5, 5.41) is 0.639. The van der Waals surface area contributed by atoms with E-state index in [1.807, 2.05) is 0 Å². The van der Waals surface area contributed by atoms with Gasteiger partial charge in [0, 0.05) is 7.05 Å². The molecule has 0 aromatic heterocycles. The van der Waals surface area contributed by atoms with E-state index in [9.17, 15) is 9.59 Å². The van der Waals surface area contributed by atoms with Crippen LogP contribution in [0.4, 0.5) is 4.79 Å². The highest BCUT2D eigenvalue weighted by Gasteiger charge is 2.48. The zero-order valence-electron chi connectivity index (χ0n) is 6.79. The number of imide groups is 1. The number of rotatable bonds is 0. The Morgan fingerprint density at radius 3 is 1.91 bits per heavy atom. The molecule has 0 aliphatic carbocycles. The molecule has 0 aromatic carbocycles. The third kappa shape index (κ3) is 0.808. The zero-order valence-corrected chi connectivity index (χ0v) is 6.79. The van der Waals surface area contributed by atoms with E-state index < -0.39 is 11.6 Å². The average molecular weight is 157 g/mol. The highest BCUT2D eigenvalue weighted by molar-refractivity contribution is 6.05. The Bertz CT molecular complexity index is 224. The number of carbonyl (C=O) groups is 2. The van der Waals surface area contributed by atoms with Crippen LogP contribution >= 0.6 is 0 Å². The lowest BCUT2D eigenvalue weighted by Crippen LogP contribution is -2.42. The van der Waals surface area contributed by atoms with Crippen molar-refractivity contribution in [3.8, 4) is 0 Å². The number of amides is 3. The van der Waals surface area contributed by atoms with Crippen LogP contribution in [0.15, 0.2) is 0 Å². The van der Waals surface area contributed by atoms with Crippen molar-refractivity contribution in [3.05, 3.63) is 0 Å². The maximum atomic E-state index is 11.2. The van der Waals surface area contributed by atoms with E-state index in [4.69, 9.17) is 5.84 Å². The van der Waals surface area contributed by atoms with Gasteiger partial charge in [0.2, 0.25) is 0 Å². The minimum absolute atomic E-state index is 0.370. The molecule has 0 unspecified atom stereocenters. The van der Waals surface area contributed by atoms with E-state index in [1.165, 1.54) is 4.90 Å². The average Bonchev–Trinajstić information content (AvgIpc) is 2.06. The molecule has 1 aliphatic rings. The summed E-state index contributed by atoms with van der Waals surface area (Å²) >= 11 is 0. The van der Waals surface area contributed by atoms with Crippen LogP contribution in [0.1, 0.15) is 13.8 Å². The van der Waals surface area contributed by atoms with Crippen molar-refractivity contribution in [2.75, 3.05) is 7.05 Å². The van der Waals surface area contributed by atoms with Crippen LogP contribution in [-0.4, -0.2) is 34.4 Å². The predicted octanol–water partition coefficient (Wildman–Crippen LogP) is -0.467. The second-order valence-electron chi connectivity index (χ2n) is 3.08. The van der Waals surface area contributed by atoms with Gasteiger partial charge in [-0.2, -0.15) is 5.01 Å². The van der Waals surface area contributed by atoms with Crippen LogP contribution in [-0.2, 0) is 4.79 Å². The molecule has 1 heterocycles. The van der Waals surface area contributed by atoms with Crippen LogP contribution in [0, 0.1) is 0 Å². The summed E-state index contributed by atoms with van der Waals surface area (Å²) in [5.41, 5.74) is -0.800. The quantitative estimate of drug-likeness (QED) is 0.294. The topological polar surface area (TPSA) is 66.6 Å². The zero-order chi connectivity index (χ0) is 8.81. The monoisotopic (exact) mass is 157 g/mol. The fourth-order valence-corrected chi connectivity index (χ4v) is 0.926. The van der Waals surface area contributed by atoms with Crippen molar-refractivity contribution in [2.45, 2.75) is 19.4 Å². The molecule has 3 amide bonds. The normalized spacial score (nSPS) is 23.3. The fraction of sp³-hybridized carbons (Fsp3) is 0.667. The standard InChI is InChI=1S/C6H11N3O2/c1-6(2)4(10)9(7)5(11)8(6)3/h7H2,1-3H3. The third-order valence-electron chi connectivity index (χ3n) is 2.07. The first-order valence-corrected chi connectivity index (χ1v) is 3.26. The summed E-state index contributed by atoms with van der Waals surface area (Å²) in [6.45, 7) is 3.31. The second kappa shape index (κ2) is 1.94. The van der Waals surface area contributed by atoms with Gasteiger partial charge in [-0.1, -0.05) is 0 Å². The van der Waals surface area contributed by atoms with Crippen molar-refractivity contribution in [2.24, 2.45) is 5.84 Å². The summed E-state index contributed by atoms with van der Waals surface area (Å²) in [5.74, 6) is 4.81. The molecule has 0 radical (unpaired) electrons. The number of carbonyl (C=O) groups excluding carboxylic acids is 2. The molecular formula is C6H11N3O2. The molecule has 0 spiro atoms. The van der Waals surface area contributed by atoms with Gasteiger partial charge in [-0.3, -0.25) is 4.79 Å². The van der Waals surface area contributed by atoms with Crippen molar-refractivity contribution >= 4 is 11.9 Å². The second-order valence-corrected chi connectivity index (χ2v) is 3.08. The lowest BCUT2D eigenvalue weighted by Gasteiger charge is -2.22. The highest BCUT2D eigenvalue weighted by atomic mass is 16.2. The summed E-state index contributed by atoms with van der Waals surface area (Å²) < 4.78 is 0. The minimum atomic E-state index is -0.800. The molecule has 62 valence electrons. The molecule has 5 heteroatoms. The molecule has 1 saturated heterocycles. The number of urea groups is 1. The van der Waals surface area contributed by atoms with Gasteiger partial charge in [0.25, 0.3) is 5.91 Å². The lowest BCUT2D eigenvalue weighted by molar-refractivity contribution is -0.131. The number of nitrogens with two attached hydrogens (primary N) is 1. The molecule has 1 fully saturated rings. The van der Waals surface area contributed by atoms with Gasteiger partial charge in [0.05, 0.1) is 0 Å². The summed E-state index contributed by atoms with van der Waals surface area (Å²) in [4.78, 5) is 23.5. The molecule has 2 N–H and O–H groups in total. The first-order valence-electron chi connectivity index (χ1n) is 3.26. The van der Waals surface area contributed by atoms with Gasteiger partial charge < -0.3 is 4.90 Å². The highest BCUT2D eigenvalue weighted by Crippen LogP contribution is 2.22. The van der Waals surface area contributed by atoms with Crippen LogP contribution < -0.4 is 5.84 Å². The van der Waals surface area contributed by atoms with E-state index in [1.54, 1.807) is 20.9 Å². The maximum Gasteiger partial charge on any atom is 0.342 e. The molecule has 5 nitrogen and oxygen atoms in total. The number of likely N-dealkylation sites (N-methyl/N-ethyl adjacent to an activating group) is 1. The number of hydrazine groups is 1. The summed E-state index contributed by atoms with van der Waals surface area (Å²) in [7, 11) is 1.55. The van der Waals surface area contributed by atoms with Crippen LogP contribution in [0.25, 0.3) is 0 Å². The number of hydrogen-bond acceptors (Lipinski definition) is 3. The molecule has 1 aliphatic heterocycles. The van der Waals surface area contributed by atoms with Gasteiger partial charge in [-0.05, 0) is 13.8 Å². The Morgan fingerprint density at radius 2 is 1.82 bits per heavy atom. The van der Waals surface area contributed by atoms with Crippen molar-refractivity contribution in [1.29, 1.82) is 0 Å². The fourth-order valence-electron chi connectivity index (χ4n) is 0.926. The maximum absolute atomic E-state index is 11.2. The van der Waals surface area contributed by atoms with E-state index in [2.05, 4.69) is 0 Å². The largest absolute Gasteiger partial charge is 0.342 e. The molecule has 11 heavy (non-hydrogen) atoms. The first-order chi connectivity index (χ1) is 4.89. The smallest absolute Gasteiger partial charge is 0.312 e. The van der Waals surface area contributed by atoms with E-state index in [-0.39, 0.29) is 5.91 Å². The van der Waals surface area contributed by atoms with Gasteiger partial charge in [-0.25, -0.2) is 10.6 Å². The van der Waals surface area contributed by atoms with Gasteiger partial charge in [0.15, 0.2) is 0 Å². The summed E-state index contributed by atoms with van der Waals surface area (Å²) in [6.07, 6.45) is 0. The molecule has 0 bridgehead atoms. The van der Waals surface area contributed by atoms with Crippen molar-refractivity contribution in [3.63, 3.8) is 0 Å². The molecule has 0 atom stereocenters. The Morgan fingerprint density at radius 1 is 1.36 bits per heavy atom. The van der Waals surface area contributed by atoms with Crippen molar-refractivity contribution < 1.29 is 9.59 Å². The third-order valence-corrected chi connectivity index (χ3v) is 2.07. The van der Waals surface area contributed by atoms with Crippen LogP contribution in [0.2, 0.25) is 0 Å². The van der Waals surface area contributed by atoms with E-state index in [0.717, 1.165) is 0 Å². The number of hydrogen-bond donors (Lipinski definition) is 1. The summed E-state index contributed by atoms with van der Waals surface area (Å²) in [6, 6.07) is -0.458. The van der Waals surface area contributed by atoms with E-state index >= 15 is 0 Å². The van der Waals surface area contributed by atoms with Crippen LogP contribution in [0.5, 0.6) is 0 Å². The first kappa shape index (κ1) is 8.00. The molecule has 0 saturated carbocycles.